The molecule has 1 saturated heterocycles. The van der Waals surface area contributed by atoms with E-state index in [0.29, 0.717) is 12.5 Å². The molecule has 1 fully saturated rings. The molecule has 2 amide bonds. The number of aromatic nitrogens is 1. The number of urea groups is 1. The fraction of sp³-hybridized carbons (Fsp3) is 0.261. The van der Waals surface area contributed by atoms with Gasteiger partial charge in [0.25, 0.3) is 0 Å². The summed E-state index contributed by atoms with van der Waals surface area (Å²) in [6.45, 7) is 1.93. The summed E-state index contributed by atoms with van der Waals surface area (Å²) >= 11 is 0. The number of hydrogen-bond acceptors (Lipinski definition) is 1. The Labute approximate surface area is 159 Å². The fourth-order valence-electron chi connectivity index (χ4n) is 3.72. The maximum atomic E-state index is 12.4. The van der Waals surface area contributed by atoms with Crippen LogP contribution in [0.4, 0.5) is 4.79 Å². The minimum Gasteiger partial charge on any atom is -0.361 e. The van der Waals surface area contributed by atoms with Gasteiger partial charge in [-0.3, -0.25) is 0 Å². The second-order valence-electron chi connectivity index (χ2n) is 6.88. The highest BCUT2D eigenvalue weighted by molar-refractivity contribution is 5.83. The van der Waals surface area contributed by atoms with Crippen LogP contribution in [0.15, 0.2) is 60.8 Å². The van der Waals surface area contributed by atoms with Gasteiger partial charge in [-0.25, -0.2) is 4.79 Å². The number of aromatic amines is 1. The molecule has 0 atom stereocenters. The molecule has 0 saturated carbocycles. The van der Waals surface area contributed by atoms with Crippen LogP contribution < -0.4 is 5.32 Å². The molecule has 4 heteroatoms. The maximum Gasteiger partial charge on any atom is 0.318 e. The average Bonchev–Trinajstić information content (AvgIpc) is 3.16. The van der Waals surface area contributed by atoms with Gasteiger partial charge in [0.1, 0.15) is 0 Å². The lowest BCUT2D eigenvalue weighted by Crippen LogP contribution is -2.44. The molecular formula is C23H23N3O. The van der Waals surface area contributed by atoms with Gasteiger partial charge in [-0.1, -0.05) is 48.2 Å². The summed E-state index contributed by atoms with van der Waals surface area (Å²) in [5.74, 6) is 6.57. The molecular weight excluding hydrogens is 334 g/mol. The molecule has 2 N–H and O–H groups in total. The van der Waals surface area contributed by atoms with E-state index >= 15 is 0 Å². The van der Waals surface area contributed by atoms with Gasteiger partial charge in [-0.15, -0.1) is 0 Å². The van der Waals surface area contributed by atoms with E-state index < -0.39 is 0 Å². The number of nitrogens with one attached hydrogen (secondary N) is 2. The van der Waals surface area contributed by atoms with Crippen molar-refractivity contribution >= 4 is 16.9 Å². The molecule has 4 rings (SSSR count). The van der Waals surface area contributed by atoms with Crippen molar-refractivity contribution in [2.24, 2.45) is 0 Å². The van der Waals surface area contributed by atoms with Crippen molar-refractivity contribution in [1.29, 1.82) is 0 Å². The first-order valence-electron chi connectivity index (χ1n) is 9.44. The fourth-order valence-corrected chi connectivity index (χ4v) is 3.72. The molecule has 27 heavy (non-hydrogen) atoms. The van der Waals surface area contributed by atoms with E-state index in [1.165, 1.54) is 16.5 Å². The van der Waals surface area contributed by atoms with Crippen LogP contribution in [-0.2, 0) is 0 Å². The highest BCUT2D eigenvalue weighted by Gasteiger charge is 2.25. The molecule has 3 aromatic rings. The number of nitrogens with zero attached hydrogens (tertiary/aromatic N) is 1. The molecule has 0 aliphatic carbocycles. The zero-order valence-electron chi connectivity index (χ0n) is 15.2. The van der Waals surface area contributed by atoms with Gasteiger partial charge < -0.3 is 15.2 Å². The van der Waals surface area contributed by atoms with Crippen LogP contribution in [0.3, 0.4) is 0 Å². The molecule has 4 nitrogen and oxygen atoms in total. The first-order chi connectivity index (χ1) is 13.3. The lowest BCUT2D eigenvalue weighted by Gasteiger charge is -2.31. The number of benzene rings is 2. The Kier molecular flexibility index (Phi) is 5.11. The Morgan fingerprint density at radius 2 is 1.81 bits per heavy atom. The Morgan fingerprint density at radius 3 is 2.63 bits per heavy atom. The van der Waals surface area contributed by atoms with Gasteiger partial charge >= 0.3 is 6.03 Å². The number of amides is 2. The van der Waals surface area contributed by atoms with E-state index in [1.54, 1.807) is 0 Å². The van der Waals surface area contributed by atoms with Crippen molar-refractivity contribution in [3.05, 3.63) is 71.9 Å². The molecule has 2 heterocycles. The molecule has 0 spiro atoms. The lowest BCUT2D eigenvalue weighted by molar-refractivity contribution is 0.183. The summed E-state index contributed by atoms with van der Waals surface area (Å²) in [4.78, 5) is 17.6. The third kappa shape index (κ3) is 3.98. The SMILES string of the molecule is O=C(NCC#Cc1ccccc1)N1CCC(c2c[nH]c3ccccc23)CC1. The van der Waals surface area contributed by atoms with Gasteiger partial charge in [0, 0.05) is 35.8 Å². The van der Waals surface area contributed by atoms with Crippen molar-refractivity contribution < 1.29 is 4.79 Å². The first-order valence-corrected chi connectivity index (χ1v) is 9.44. The smallest absolute Gasteiger partial charge is 0.318 e. The normalized spacial score (nSPS) is 14.6. The number of likely N-dealkylation sites (tertiary alicyclic amines) is 1. The third-order valence-corrected chi connectivity index (χ3v) is 5.18. The van der Waals surface area contributed by atoms with Crippen molar-refractivity contribution in [2.45, 2.75) is 18.8 Å². The zero-order chi connectivity index (χ0) is 18.5. The van der Waals surface area contributed by atoms with Crippen LogP contribution in [0.25, 0.3) is 10.9 Å². The van der Waals surface area contributed by atoms with Crippen molar-refractivity contribution in [3.63, 3.8) is 0 Å². The Bertz CT molecular complexity index is 973. The van der Waals surface area contributed by atoms with Crippen LogP contribution >= 0.6 is 0 Å². The molecule has 1 aliphatic rings. The van der Waals surface area contributed by atoms with E-state index in [0.717, 1.165) is 31.5 Å². The predicted octanol–water partition coefficient (Wildman–Crippen LogP) is 4.11. The second-order valence-corrected chi connectivity index (χ2v) is 6.88. The number of carbonyl (C=O) groups is 1. The zero-order valence-corrected chi connectivity index (χ0v) is 15.2. The summed E-state index contributed by atoms with van der Waals surface area (Å²) in [5.41, 5.74) is 3.52. The number of H-pyrrole nitrogens is 1. The van der Waals surface area contributed by atoms with E-state index in [-0.39, 0.29) is 6.03 Å². The highest BCUT2D eigenvalue weighted by Crippen LogP contribution is 2.32. The van der Waals surface area contributed by atoms with E-state index in [1.807, 2.05) is 35.2 Å². The number of rotatable bonds is 2. The monoisotopic (exact) mass is 357 g/mol. The van der Waals surface area contributed by atoms with Crippen molar-refractivity contribution in [1.82, 2.24) is 15.2 Å². The average molecular weight is 357 g/mol. The number of carbonyl (C=O) groups excluding carboxylic acids is 1. The van der Waals surface area contributed by atoms with Gasteiger partial charge in [-0.05, 0) is 42.5 Å². The van der Waals surface area contributed by atoms with Gasteiger partial charge in [0.2, 0.25) is 0 Å². The summed E-state index contributed by atoms with van der Waals surface area (Å²) < 4.78 is 0. The summed E-state index contributed by atoms with van der Waals surface area (Å²) in [5, 5.41) is 4.21. The Morgan fingerprint density at radius 1 is 1.07 bits per heavy atom. The van der Waals surface area contributed by atoms with Gasteiger partial charge in [-0.2, -0.15) is 0 Å². The number of piperidine rings is 1. The summed E-state index contributed by atoms with van der Waals surface area (Å²) in [6, 6.07) is 18.2. The van der Waals surface area contributed by atoms with Crippen LogP contribution in [0.1, 0.15) is 29.9 Å². The molecule has 1 aromatic heterocycles. The Balaban J connectivity index is 1.29. The van der Waals surface area contributed by atoms with Crippen LogP contribution in [0, 0.1) is 11.8 Å². The number of fused-ring (bicyclic) bond motifs is 1. The number of para-hydroxylation sites is 1. The topological polar surface area (TPSA) is 48.1 Å². The van der Waals surface area contributed by atoms with E-state index in [9.17, 15) is 4.79 Å². The summed E-state index contributed by atoms with van der Waals surface area (Å²) in [7, 11) is 0. The molecule has 1 aliphatic heterocycles. The highest BCUT2D eigenvalue weighted by atomic mass is 16.2. The number of hydrogen-bond donors (Lipinski definition) is 2. The van der Waals surface area contributed by atoms with E-state index in [2.05, 4.69) is 52.6 Å². The van der Waals surface area contributed by atoms with Crippen LogP contribution in [0.5, 0.6) is 0 Å². The molecule has 0 bridgehead atoms. The second kappa shape index (κ2) is 8.01. The minimum absolute atomic E-state index is 0.0188. The summed E-state index contributed by atoms with van der Waals surface area (Å²) in [6.07, 6.45) is 4.11. The first kappa shape index (κ1) is 17.2. The van der Waals surface area contributed by atoms with Crippen LogP contribution in [-0.4, -0.2) is 35.5 Å². The Hall–Kier alpha value is -3.19. The third-order valence-electron chi connectivity index (χ3n) is 5.18. The van der Waals surface area contributed by atoms with Gasteiger partial charge in [0.15, 0.2) is 0 Å². The van der Waals surface area contributed by atoms with Crippen molar-refractivity contribution in [2.75, 3.05) is 19.6 Å². The van der Waals surface area contributed by atoms with Crippen LogP contribution in [0.2, 0.25) is 0 Å². The molecule has 0 radical (unpaired) electrons. The maximum absolute atomic E-state index is 12.4. The molecule has 2 aromatic carbocycles. The predicted molar refractivity (Wildman–Crippen MR) is 109 cm³/mol. The molecule has 0 unspecified atom stereocenters. The largest absolute Gasteiger partial charge is 0.361 e. The minimum atomic E-state index is -0.0188. The lowest BCUT2D eigenvalue weighted by atomic mass is 9.89. The van der Waals surface area contributed by atoms with E-state index in [4.69, 9.17) is 0 Å². The van der Waals surface area contributed by atoms with Crippen molar-refractivity contribution in [3.8, 4) is 11.8 Å². The van der Waals surface area contributed by atoms with Gasteiger partial charge in [0.05, 0.1) is 6.54 Å². The quantitative estimate of drug-likeness (QED) is 0.666. The standard InChI is InChI=1S/C23H23N3O/c27-23(24-14-6-9-18-7-2-1-3-8-18)26-15-12-19(13-16-26)21-17-25-22-11-5-4-10-20(21)22/h1-5,7-8,10-11,17,19,25H,12-16H2,(H,24,27). The molecule has 136 valence electrons.